The highest BCUT2D eigenvalue weighted by atomic mass is 35.5. The van der Waals surface area contributed by atoms with E-state index in [1.54, 1.807) is 0 Å². The van der Waals surface area contributed by atoms with Gasteiger partial charge < -0.3 is 10.1 Å². The van der Waals surface area contributed by atoms with E-state index in [1.165, 1.54) is 12.8 Å². The van der Waals surface area contributed by atoms with Crippen LogP contribution in [0.3, 0.4) is 0 Å². The average Bonchev–Trinajstić information content (AvgIpc) is 3.15. The molecule has 1 atom stereocenters. The van der Waals surface area contributed by atoms with E-state index in [1.807, 2.05) is 26.1 Å². The monoisotopic (exact) mass is 287 g/mol. The van der Waals surface area contributed by atoms with Gasteiger partial charge in [-0.25, -0.2) is 0 Å². The molecular weight excluding hydrogens is 269 g/mol. The number of ether oxygens (including phenoxy) is 1. The number of hydrogen-bond acceptors (Lipinski definition) is 2. The lowest BCUT2D eigenvalue weighted by Crippen LogP contribution is -2.17. The molecule has 100 valence electrons. The summed E-state index contributed by atoms with van der Waals surface area (Å²) in [5.41, 5.74) is 1.07. The highest BCUT2D eigenvalue weighted by molar-refractivity contribution is 6.34. The van der Waals surface area contributed by atoms with Crippen molar-refractivity contribution in [1.29, 1.82) is 0 Å². The largest absolute Gasteiger partial charge is 0.492 e. The predicted octanol–water partition coefficient (Wildman–Crippen LogP) is 4.45. The normalized spacial score (nSPS) is 16.7. The fraction of sp³-hybridized carbons (Fsp3) is 0.571. The Morgan fingerprint density at radius 2 is 2.06 bits per heavy atom. The van der Waals surface area contributed by atoms with Gasteiger partial charge in [-0.1, -0.05) is 36.0 Å². The smallest absolute Gasteiger partial charge is 0.139 e. The fourth-order valence-corrected chi connectivity index (χ4v) is 2.68. The fourth-order valence-electron chi connectivity index (χ4n) is 2.16. The predicted molar refractivity (Wildman–Crippen MR) is 76.8 cm³/mol. The third-order valence-corrected chi connectivity index (χ3v) is 3.96. The van der Waals surface area contributed by atoms with Crippen LogP contribution in [0.5, 0.6) is 5.75 Å². The van der Waals surface area contributed by atoms with E-state index in [0.29, 0.717) is 17.4 Å². The molecule has 0 saturated heterocycles. The zero-order valence-corrected chi connectivity index (χ0v) is 12.3. The van der Waals surface area contributed by atoms with Crippen LogP contribution in [0.25, 0.3) is 0 Å². The molecule has 0 spiro atoms. The Hall–Kier alpha value is -0.440. The Balaban J connectivity index is 2.22. The minimum absolute atomic E-state index is 0.276. The van der Waals surface area contributed by atoms with Crippen LogP contribution in [-0.4, -0.2) is 13.7 Å². The molecule has 1 aliphatic rings. The number of rotatable bonds is 6. The highest BCUT2D eigenvalue weighted by Crippen LogP contribution is 2.41. The van der Waals surface area contributed by atoms with Gasteiger partial charge in [-0.2, -0.15) is 0 Å². The second-order valence-electron chi connectivity index (χ2n) is 4.76. The van der Waals surface area contributed by atoms with Crippen LogP contribution in [0.2, 0.25) is 10.0 Å². The third kappa shape index (κ3) is 3.31. The Kier molecular flexibility index (Phi) is 4.77. The molecule has 1 unspecified atom stereocenters. The molecule has 2 nitrogen and oxygen atoms in total. The molecule has 0 amide bonds. The summed E-state index contributed by atoms with van der Waals surface area (Å²) in [6.07, 6.45) is 3.79. The van der Waals surface area contributed by atoms with Crippen molar-refractivity contribution >= 4 is 23.2 Å². The van der Waals surface area contributed by atoms with Crippen LogP contribution < -0.4 is 10.1 Å². The molecule has 0 radical (unpaired) electrons. The molecule has 4 heteroatoms. The number of halogens is 2. The average molecular weight is 288 g/mol. The Morgan fingerprint density at radius 1 is 1.33 bits per heavy atom. The van der Waals surface area contributed by atoms with Crippen molar-refractivity contribution in [1.82, 2.24) is 5.32 Å². The zero-order valence-electron chi connectivity index (χ0n) is 10.8. The molecule has 1 N–H and O–H groups in total. The van der Waals surface area contributed by atoms with E-state index >= 15 is 0 Å². The second-order valence-corrected chi connectivity index (χ2v) is 5.57. The minimum atomic E-state index is 0.276. The van der Waals surface area contributed by atoms with Crippen LogP contribution in [-0.2, 0) is 0 Å². The van der Waals surface area contributed by atoms with Gasteiger partial charge in [-0.15, -0.1) is 0 Å². The van der Waals surface area contributed by atoms with Crippen molar-refractivity contribution < 1.29 is 4.74 Å². The molecule has 0 bridgehead atoms. The molecule has 1 fully saturated rings. The third-order valence-electron chi connectivity index (χ3n) is 3.34. The van der Waals surface area contributed by atoms with Crippen LogP contribution in [0.1, 0.15) is 37.8 Å². The van der Waals surface area contributed by atoms with Crippen LogP contribution >= 0.6 is 23.2 Å². The van der Waals surface area contributed by atoms with Crippen LogP contribution in [0.15, 0.2) is 12.1 Å². The summed E-state index contributed by atoms with van der Waals surface area (Å²) in [7, 11) is 1.97. The van der Waals surface area contributed by atoms with Crippen molar-refractivity contribution in [3.05, 3.63) is 27.7 Å². The Bertz CT molecular complexity index is 419. The first-order valence-electron chi connectivity index (χ1n) is 6.44. The van der Waals surface area contributed by atoms with E-state index in [-0.39, 0.29) is 6.04 Å². The lowest BCUT2D eigenvalue weighted by Gasteiger charge is -2.19. The number of nitrogens with one attached hydrogen (secondary N) is 1. The molecule has 18 heavy (non-hydrogen) atoms. The maximum atomic E-state index is 6.34. The lowest BCUT2D eigenvalue weighted by atomic mass is 10.0. The SMILES string of the molecule is CCOc1cc(Cl)c(C(CC2CC2)NC)cc1Cl. The summed E-state index contributed by atoms with van der Waals surface area (Å²) in [5, 5.41) is 4.68. The van der Waals surface area contributed by atoms with E-state index in [9.17, 15) is 0 Å². The van der Waals surface area contributed by atoms with Gasteiger partial charge in [0.05, 0.1) is 11.6 Å². The molecular formula is C14H19Cl2NO. The highest BCUT2D eigenvalue weighted by Gasteiger charge is 2.27. The number of hydrogen-bond donors (Lipinski definition) is 1. The first kappa shape index (κ1) is 14.0. The zero-order chi connectivity index (χ0) is 13.1. The maximum absolute atomic E-state index is 6.34. The molecule has 0 aliphatic heterocycles. The standard InChI is InChI=1S/C14H19Cl2NO/c1-3-18-14-8-11(15)10(7-12(14)16)13(17-2)6-9-4-5-9/h7-9,13,17H,3-6H2,1-2H3. The molecule has 2 rings (SSSR count). The summed E-state index contributed by atoms with van der Waals surface area (Å²) in [6.45, 7) is 2.52. The summed E-state index contributed by atoms with van der Waals surface area (Å²) in [4.78, 5) is 0. The van der Waals surface area contributed by atoms with Gasteiger partial charge in [-0.3, -0.25) is 0 Å². The Labute approximate surface area is 119 Å². The van der Waals surface area contributed by atoms with Gasteiger partial charge in [0, 0.05) is 17.1 Å². The molecule has 0 heterocycles. The first-order valence-corrected chi connectivity index (χ1v) is 7.20. The molecule has 1 saturated carbocycles. The van der Waals surface area contributed by atoms with Crippen molar-refractivity contribution in [3.63, 3.8) is 0 Å². The lowest BCUT2D eigenvalue weighted by molar-refractivity contribution is 0.340. The Morgan fingerprint density at radius 3 is 2.61 bits per heavy atom. The van der Waals surface area contributed by atoms with Crippen molar-refractivity contribution in [2.24, 2.45) is 5.92 Å². The van der Waals surface area contributed by atoms with Crippen molar-refractivity contribution in [2.45, 2.75) is 32.2 Å². The number of benzene rings is 1. The van der Waals surface area contributed by atoms with Gasteiger partial charge in [0.15, 0.2) is 0 Å². The van der Waals surface area contributed by atoms with E-state index in [2.05, 4.69) is 5.32 Å². The van der Waals surface area contributed by atoms with Crippen molar-refractivity contribution in [2.75, 3.05) is 13.7 Å². The van der Waals surface area contributed by atoms with Gasteiger partial charge in [0.1, 0.15) is 5.75 Å². The molecule has 1 aliphatic carbocycles. The van der Waals surface area contributed by atoms with Gasteiger partial charge in [0.2, 0.25) is 0 Å². The molecule has 0 aromatic heterocycles. The quantitative estimate of drug-likeness (QED) is 0.834. The van der Waals surface area contributed by atoms with Gasteiger partial charge >= 0.3 is 0 Å². The summed E-state index contributed by atoms with van der Waals surface area (Å²) < 4.78 is 5.44. The van der Waals surface area contributed by atoms with Gasteiger partial charge in [0.25, 0.3) is 0 Å². The second kappa shape index (κ2) is 6.14. The topological polar surface area (TPSA) is 21.3 Å². The van der Waals surface area contributed by atoms with E-state index in [0.717, 1.165) is 22.9 Å². The van der Waals surface area contributed by atoms with Crippen LogP contribution in [0.4, 0.5) is 0 Å². The summed E-state index contributed by atoms with van der Waals surface area (Å²) in [6, 6.07) is 4.02. The summed E-state index contributed by atoms with van der Waals surface area (Å²) in [5.74, 6) is 1.50. The van der Waals surface area contributed by atoms with Crippen LogP contribution in [0, 0.1) is 5.92 Å². The maximum Gasteiger partial charge on any atom is 0.139 e. The van der Waals surface area contributed by atoms with Gasteiger partial charge in [-0.05, 0) is 37.9 Å². The first-order chi connectivity index (χ1) is 8.65. The summed E-state index contributed by atoms with van der Waals surface area (Å²) >= 11 is 12.6. The minimum Gasteiger partial charge on any atom is -0.492 e. The molecule has 1 aromatic carbocycles. The molecule has 1 aromatic rings. The van der Waals surface area contributed by atoms with Crippen molar-refractivity contribution in [3.8, 4) is 5.75 Å². The van der Waals surface area contributed by atoms with E-state index in [4.69, 9.17) is 27.9 Å². The van der Waals surface area contributed by atoms with E-state index < -0.39 is 0 Å².